The van der Waals surface area contributed by atoms with Crippen molar-refractivity contribution in [1.29, 1.82) is 0 Å². The normalized spacial score (nSPS) is 15.6. The van der Waals surface area contributed by atoms with Gasteiger partial charge in [-0.2, -0.15) is 0 Å². The molecule has 0 spiro atoms. The van der Waals surface area contributed by atoms with Crippen LogP contribution in [0.4, 0.5) is 0 Å². The van der Waals surface area contributed by atoms with Gasteiger partial charge in [-0.3, -0.25) is 0 Å². The summed E-state index contributed by atoms with van der Waals surface area (Å²) in [6.45, 7) is 3.88. The molecular formula is C12H14OS. The topological polar surface area (TPSA) is 20.2 Å². The second-order valence-electron chi connectivity index (χ2n) is 3.78. The predicted octanol–water partition coefficient (Wildman–Crippen LogP) is 3.52. The van der Waals surface area contributed by atoms with E-state index in [1.165, 1.54) is 10.1 Å². The highest BCUT2D eigenvalue weighted by atomic mass is 32.1. The zero-order valence-electron chi connectivity index (χ0n) is 8.45. The monoisotopic (exact) mass is 206 g/mol. The van der Waals surface area contributed by atoms with Gasteiger partial charge in [0.2, 0.25) is 0 Å². The van der Waals surface area contributed by atoms with E-state index in [-0.39, 0.29) is 0 Å². The number of benzene rings is 1. The maximum Gasteiger partial charge on any atom is 0.0957 e. The molecule has 0 aliphatic heterocycles. The summed E-state index contributed by atoms with van der Waals surface area (Å²) < 4.78 is 1.25. The number of aliphatic hydroxyl groups is 1. The molecular weight excluding hydrogens is 192 g/mol. The molecule has 1 N–H and O–H groups in total. The van der Waals surface area contributed by atoms with E-state index in [2.05, 4.69) is 18.2 Å². The minimum Gasteiger partial charge on any atom is -0.385 e. The van der Waals surface area contributed by atoms with Crippen LogP contribution in [-0.2, 0) is 5.60 Å². The third-order valence-corrected chi connectivity index (χ3v) is 4.01. The van der Waals surface area contributed by atoms with Gasteiger partial charge < -0.3 is 5.11 Å². The Hall–Kier alpha value is -0.860. The van der Waals surface area contributed by atoms with E-state index in [0.717, 1.165) is 11.3 Å². The first kappa shape index (κ1) is 9.69. The number of rotatable bonds is 2. The fourth-order valence-electron chi connectivity index (χ4n) is 1.42. The third kappa shape index (κ3) is 1.56. The average molecular weight is 206 g/mol. The Kier molecular flexibility index (Phi) is 2.33. The van der Waals surface area contributed by atoms with Crippen molar-refractivity contribution in [3.05, 3.63) is 35.2 Å². The van der Waals surface area contributed by atoms with Crippen molar-refractivity contribution < 1.29 is 5.11 Å². The summed E-state index contributed by atoms with van der Waals surface area (Å²) in [4.78, 5) is 1.06. The first-order valence-electron chi connectivity index (χ1n) is 4.85. The summed E-state index contributed by atoms with van der Waals surface area (Å²) in [7, 11) is 0. The molecule has 0 amide bonds. The molecule has 14 heavy (non-hydrogen) atoms. The average Bonchev–Trinajstić information content (AvgIpc) is 2.61. The van der Waals surface area contributed by atoms with Crippen molar-refractivity contribution in [2.75, 3.05) is 0 Å². The highest BCUT2D eigenvalue weighted by molar-refractivity contribution is 7.19. The van der Waals surface area contributed by atoms with Gasteiger partial charge in [0.05, 0.1) is 5.60 Å². The molecule has 2 heteroatoms. The van der Waals surface area contributed by atoms with E-state index in [1.807, 2.05) is 26.0 Å². The van der Waals surface area contributed by atoms with Crippen LogP contribution in [0.1, 0.15) is 25.1 Å². The van der Waals surface area contributed by atoms with Crippen molar-refractivity contribution in [3.63, 3.8) is 0 Å². The Bertz CT molecular complexity index is 409. The molecule has 74 valence electrons. The fraction of sp³-hybridized carbons (Fsp3) is 0.333. The molecule has 0 bridgehead atoms. The van der Waals surface area contributed by atoms with E-state index in [1.54, 1.807) is 11.3 Å². The molecule has 0 radical (unpaired) electrons. The minimum atomic E-state index is -0.677. The van der Waals surface area contributed by atoms with Gasteiger partial charge in [0.15, 0.2) is 0 Å². The number of fused-ring (bicyclic) bond motifs is 1. The lowest BCUT2D eigenvalue weighted by atomic mass is 10.0. The lowest BCUT2D eigenvalue weighted by Crippen LogP contribution is -2.17. The first-order valence-corrected chi connectivity index (χ1v) is 5.66. The summed E-state index contributed by atoms with van der Waals surface area (Å²) in [5, 5.41) is 11.3. The van der Waals surface area contributed by atoms with Crippen LogP contribution in [0.2, 0.25) is 0 Å². The Morgan fingerprint density at radius 2 is 2.07 bits per heavy atom. The zero-order chi connectivity index (χ0) is 10.2. The molecule has 1 aromatic heterocycles. The second kappa shape index (κ2) is 3.37. The van der Waals surface area contributed by atoms with Crippen LogP contribution >= 0.6 is 11.3 Å². The quantitative estimate of drug-likeness (QED) is 0.797. The first-order chi connectivity index (χ1) is 6.63. The van der Waals surface area contributed by atoms with Gasteiger partial charge in [-0.25, -0.2) is 0 Å². The van der Waals surface area contributed by atoms with Gasteiger partial charge in [-0.05, 0) is 30.9 Å². The second-order valence-corrected chi connectivity index (χ2v) is 4.86. The van der Waals surface area contributed by atoms with Crippen molar-refractivity contribution in [3.8, 4) is 0 Å². The van der Waals surface area contributed by atoms with Crippen molar-refractivity contribution in [2.24, 2.45) is 0 Å². The van der Waals surface area contributed by atoms with E-state index < -0.39 is 5.60 Å². The van der Waals surface area contributed by atoms with E-state index in [4.69, 9.17) is 0 Å². The van der Waals surface area contributed by atoms with Crippen LogP contribution in [0.5, 0.6) is 0 Å². The molecule has 1 nitrogen and oxygen atoms in total. The number of thiophene rings is 1. The van der Waals surface area contributed by atoms with Gasteiger partial charge in [0.25, 0.3) is 0 Å². The highest BCUT2D eigenvalue weighted by Gasteiger charge is 2.22. The van der Waals surface area contributed by atoms with Gasteiger partial charge >= 0.3 is 0 Å². The maximum absolute atomic E-state index is 10.1. The molecule has 1 atom stereocenters. The van der Waals surface area contributed by atoms with Crippen molar-refractivity contribution in [2.45, 2.75) is 25.9 Å². The standard InChI is InChI=1S/C12H14OS/c1-3-12(2,13)11-8-9-6-4-5-7-10(9)14-11/h4-8,13H,3H2,1-2H3. The summed E-state index contributed by atoms with van der Waals surface area (Å²) in [5.74, 6) is 0. The fourth-order valence-corrected chi connectivity index (χ4v) is 2.60. The lowest BCUT2D eigenvalue weighted by molar-refractivity contribution is 0.0570. The van der Waals surface area contributed by atoms with Crippen molar-refractivity contribution >= 4 is 21.4 Å². The summed E-state index contributed by atoms with van der Waals surface area (Å²) in [6.07, 6.45) is 0.750. The Morgan fingerprint density at radius 3 is 2.71 bits per heavy atom. The van der Waals surface area contributed by atoms with E-state index in [0.29, 0.717) is 0 Å². The van der Waals surface area contributed by atoms with Crippen LogP contribution in [0.25, 0.3) is 10.1 Å². The Balaban J connectivity index is 2.55. The molecule has 0 saturated heterocycles. The van der Waals surface area contributed by atoms with Gasteiger partial charge in [0.1, 0.15) is 0 Å². The lowest BCUT2D eigenvalue weighted by Gasteiger charge is -2.18. The Labute approximate surface area is 88.0 Å². The SMILES string of the molecule is CCC(C)(O)c1cc2ccccc2s1. The van der Waals surface area contributed by atoms with Crippen LogP contribution in [0.15, 0.2) is 30.3 Å². The molecule has 0 saturated carbocycles. The smallest absolute Gasteiger partial charge is 0.0957 e. The summed E-state index contributed by atoms with van der Waals surface area (Å²) in [5.41, 5.74) is -0.677. The van der Waals surface area contributed by atoms with Crippen LogP contribution in [0, 0.1) is 0 Å². The van der Waals surface area contributed by atoms with Crippen LogP contribution in [0.3, 0.4) is 0 Å². The maximum atomic E-state index is 10.1. The molecule has 2 aromatic rings. The zero-order valence-corrected chi connectivity index (χ0v) is 9.27. The molecule has 2 rings (SSSR count). The molecule has 1 unspecified atom stereocenters. The summed E-state index contributed by atoms with van der Waals surface area (Å²) >= 11 is 1.68. The van der Waals surface area contributed by atoms with Gasteiger partial charge in [-0.15, -0.1) is 11.3 Å². The number of hydrogen-bond donors (Lipinski definition) is 1. The predicted molar refractivity (Wildman–Crippen MR) is 61.7 cm³/mol. The van der Waals surface area contributed by atoms with E-state index >= 15 is 0 Å². The van der Waals surface area contributed by atoms with E-state index in [9.17, 15) is 5.11 Å². The Morgan fingerprint density at radius 1 is 1.36 bits per heavy atom. The van der Waals surface area contributed by atoms with Gasteiger partial charge in [-0.1, -0.05) is 25.1 Å². The molecule has 1 heterocycles. The largest absolute Gasteiger partial charge is 0.385 e. The molecule has 0 aliphatic rings. The third-order valence-electron chi connectivity index (χ3n) is 2.64. The number of hydrogen-bond acceptors (Lipinski definition) is 2. The molecule has 0 aliphatic carbocycles. The minimum absolute atomic E-state index is 0.677. The van der Waals surface area contributed by atoms with Gasteiger partial charge in [0, 0.05) is 9.58 Å². The summed E-state index contributed by atoms with van der Waals surface area (Å²) in [6, 6.07) is 10.3. The van der Waals surface area contributed by atoms with Crippen LogP contribution in [-0.4, -0.2) is 5.11 Å². The van der Waals surface area contributed by atoms with Crippen LogP contribution < -0.4 is 0 Å². The highest BCUT2D eigenvalue weighted by Crippen LogP contribution is 2.34. The molecule has 1 aromatic carbocycles. The van der Waals surface area contributed by atoms with Crippen molar-refractivity contribution in [1.82, 2.24) is 0 Å². The molecule has 0 fully saturated rings.